The fourth-order valence-electron chi connectivity index (χ4n) is 5.56. The first-order valence-corrected chi connectivity index (χ1v) is 17.7. The van der Waals surface area contributed by atoms with Gasteiger partial charge in [-0.2, -0.15) is 4.73 Å². The van der Waals surface area contributed by atoms with Crippen LogP contribution in [0.2, 0.25) is 0 Å². The van der Waals surface area contributed by atoms with Crippen molar-refractivity contribution in [2.75, 3.05) is 16.8 Å². The number of ether oxygens (including phenoxy) is 2. The van der Waals surface area contributed by atoms with Crippen LogP contribution < -0.4 is 21.1 Å². The van der Waals surface area contributed by atoms with E-state index in [0.717, 1.165) is 52.7 Å². The third kappa shape index (κ3) is 11.0. The zero-order valence-electron chi connectivity index (χ0n) is 27.5. The number of nitrogens with two attached hydrogens (primary N) is 1. The van der Waals surface area contributed by atoms with E-state index in [4.69, 9.17) is 15.2 Å². The van der Waals surface area contributed by atoms with Gasteiger partial charge in [-0.05, 0) is 47.7 Å². The minimum absolute atomic E-state index is 0.00599. The van der Waals surface area contributed by atoms with Crippen molar-refractivity contribution in [2.45, 2.75) is 81.6 Å². The van der Waals surface area contributed by atoms with E-state index in [-0.39, 0.29) is 30.6 Å². The van der Waals surface area contributed by atoms with Gasteiger partial charge in [0, 0.05) is 49.3 Å². The summed E-state index contributed by atoms with van der Waals surface area (Å²) in [5.41, 5.74) is 10.7. The molecule has 49 heavy (non-hydrogen) atoms. The number of hydrogen-bond donors (Lipinski definition) is 4. The predicted molar refractivity (Wildman–Crippen MR) is 190 cm³/mol. The average Bonchev–Trinajstić information content (AvgIpc) is 3.13. The van der Waals surface area contributed by atoms with Gasteiger partial charge in [0.25, 0.3) is 5.03 Å². The van der Waals surface area contributed by atoms with Crippen molar-refractivity contribution in [3.8, 4) is 0 Å². The number of hydrogen-bond acceptors (Lipinski definition) is 8. The third-order valence-corrected chi connectivity index (χ3v) is 9.51. The fraction of sp³-hybridized carbons (Fsp3) is 0.342. The topological polar surface area (TPSA) is 150 Å². The molecule has 0 spiro atoms. The number of rotatable bonds is 16. The Bertz CT molecular complexity index is 1650. The van der Waals surface area contributed by atoms with Gasteiger partial charge in [0.1, 0.15) is 0 Å². The number of nitrogen functional groups attached to an aromatic ring is 1. The van der Waals surface area contributed by atoms with Crippen LogP contribution in [0, 0.1) is 5.21 Å². The fourth-order valence-corrected chi connectivity index (χ4v) is 6.49. The summed E-state index contributed by atoms with van der Waals surface area (Å²) in [6, 6.07) is 28.1. The number of aromatic nitrogens is 1. The molecule has 1 saturated heterocycles. The van der Waals surface area contributed by atoms with E-state index in [1.807, 2.05) is 66.7 Å². The molecule has 0 bridgehead atoms. The van der Waals surface area contributed by atoms with E-state index in [1.165, 1.54) is 18.0 Å². The summed E-state index contributed by atoms with van der Waals surface area (Å²) in [4.78, 5) is 24.6. The maximum absolute atomic E-state index is 12.5. The van der Waals surface area contributed by atoms with Crippen molar-refractivity contribution < 1.29 is 28.9 Å². The largest absolute Gasteiger partial charge is 0.618 e. The molecule has 5 N–H and O–H groups in total. The summed E-state index contributed by atoms with van der Waals surface area (Å²) in [7, 11) is 0. The highest BCUT2D eigenvalue weighted by Crippen LogP contribution is 2.39. The van der Waals surface area contributed by atoms with Gasteiger partial charge < -0.3 is 36.2 Å². The Hall–Kier alpha value is -4.42. The summed E-state index contributed by atoms with van der Waals surface area (Å²) in [5, 5.41) is 28.1. The van der Waals surface area contributed by atoms with Crippen molar-refractivity contribution in [1.29, 1.82) is 0 Å². The summed E-state index contributed by atoms with van der Waals surface area (Å²) >= 11 is 1.45. The van der Waals surface area contributed by atoms with E-state index >= 15 is 0 Å². The molecule has 10 nitrogen and oxygen atoms in total. The lowest BCUT2D eigenvalue weighted by atomic mass is 10.0. The molecule has 4 aromatic rings. The number of unbranched alkanes of at least 4 members (excludes halogenated alkanes) is 3. The summed E-state index contributed by atoms with van der Waals surface area (Å²) in [6.07, 6.45) is 5.22. The van der Waals surface area contributed by atoms with Gasteiger partial charge in [0.05, 0.1) is 30.2 Å². The van der Waals surface area contributed by atoms with Gasteiger partial charge in [-0.3, -0.25) is 9.59 Å². The molecule has 1 aliphatic rings. The van der Waals surface area contributed by atoms with Crippen LogP contribution in [0.5, 0.6) is 0 Å². The molecule has 2 heterocycles. The standard InChI is InChI=1S/C38H44N4O6S/c39-32-9-5-6-10-33(32)41-36(45)12-4-2-1-3-11-35(44)40-24-27-14-20-30(21-15-27)38-47-31(26-49-37-13-7-8-22-42(37)46)23-34(48-38)29-18-16-28(25-43)17-19-29/h5-10,13-22,31,34,38,43H,1-4,11-12,23-26,39H2,(H,40,44)(H,41,45)/t31-,34+,38+/m1/s1. The lowest BCUT2D eigenvalue weighted by Crippen LogP contribution is -2.32. The Labute approximate surface area is 291 Å². The molecule has 0 radical (unpaired) electrons. The predicted octanol–water partition coefficient (Wildman–Crippen LogP) is 6.33. The number of thioether (sulfide) groups is 1. The first-order chi connectivity index (χ1) is 23.9. The number of pyridine rings is 1. The zero-order chi connectivity index (χ0) is 34.4. The normalized spacial score (nSPS) is 17.4. The Morgan fingerprint density at radius 3 is 2.22 bits per heavy atom. The van der Waals surface area contributed by atoms with Crippen molar-refractivity contribution in [2.24, 2.45) is 0 Å². The molecule has 0 aliphatic carbocycles. The summed E-state index contributed by atoms with van der Waals surface area (Å²) in [6.45, 7) is 0.392. The molecule has 3 aromatic carbocycles. The van der Waals surface area contributed by atoms with Crippen LogP contribution in [0.15, 0.2) is 102 Å². The van der Waals surface area contributed by atoms with E-state index in [1.54, 1.807) is 24.3 Å². The second-order valence-electron chi connectivity index (χ2n) is 12.1. The number of benzene rings is 3. The Morgan fingerprint density at radius 2 is 1.51 bits per heavy atom. The number of carbonyl (C=O) groups excluding carboxylic acids is 2. The van der Waals surface area contributed by atoms with Crippen LogP contribution in [-0.4, -0.2) is 28.8 Å². The Kier molecular flexibility index (Phi) is 13.5. The first-order valence-electron chi connectivity index (χ1n) is 16.7. The van der Waals surface area contributed by atoms with Crippen LogP contribution in [0.25, 0.3) is 0 Å². The van der Waals surface area contributed by atoms with E-state index in [9.17, 15) is 19.9 Å². The van der Waals surface area contributed by atoms with Crippen molar-refractivity contribution in [3.63, 3.8) is 0 Å². The van der Waals surface area contributed by atoms with Gasteiger partial charge >= 0.3 is 0 Å². The minimum atomic E-state index is -0.608. The highest BCUT2D eigenvalue weighted by molar-refractivity contribution is 7.99. The molecule has 1 fully saturated rings. The molecular formula is C38H44N4O6S. The van der Waals surface area contributed by atoms with Crippen LogP contribution in [-0.2, 0) is 32.2 Å². The average molecular weight is 685 g/mol. The Balaban J connectivity index is 1.06. The number of aliphatic hydroxyl groups excluding tert-OH is 1. The third-order valence-electron chi connectivity index (χ3n) is 8.35. The monoisotopic (exact) mass is 684 g/mol. The van der Waals surface area contributed by atoms with Crippen LogP contribution in [0.4, 0.5) is 11.4 Å². The Morgan fingerprint density at radius 1 is 0.837 bits per heavy atom. The lowest BCUT2D eigenvalue weighted by Gasteiger charge is -2.36. The number of aliphatic hydroxyl groups is 1. The van der Waals surface area contributed by atoms with Crippen molar-refractivity contribution in [3.05, 3.63) is 125 Å². The SMILES string of the molecule is Nc1ccccc1NC(=O)CCCCCCC(=O)NCc1ccc([C@H]2O[C@@H](CSc3cccc[n+]3[O-])C[C@@H](c3ccc(CO)cc3)O2)cc1. The molecular weight excluding hydrogens is 641 g/mol. The quantitative estimate of drug-likeness (QED) is 0.0352. The highest BCUT2D eigenvalue weighted by Gasteiger charge is 2.32. The van der Waals surface area contributed by atoms with E-state index in [2.05, 4.69) is 10.6 Å². The summed E-state index contributed by atoms with van der Waals surface area (Å²) in [5.74, 6) is 0.519. The van der Waals surface area contributed by atoms with Crippen molar-refractivity contribution in [1.82, 2.24) is 5.32 Å². The molecule has 2 amide bonds. The molecule has 1 aromatic heterocycles. The number of para-hydroxylation sites is 2. The molecule has 258 valence electrons. The summed E-state index contributed by atoms with van der Waals surface area (Å²) < 4.78 is 13.7. The van der Waals surface area contributed by atoms with Crippen LogP contribution >= 0.6 is 11.8 Å². The van der Waals surface area contributed by atoms with E-state index < -0.39 is 6.29 Å². The highest BCUT2D eigenvalue weighted by atomic mass is 32.2. The number of carbonyl (C=O) groups is 2. The first kappa shape index (κ1) is 35.9. The second-order valence-corrected chi connectivity index (χ2v) is 13.1. The molecule has 11 heteroatoms. The molecule has 3 atom stereocenters. The van der Waals surface area contributed by atoms with Gasteiger partial charge in [-0.25, -0.2) is 0 Å². The number of nitrogens with zero attached hydrogens (tertiary/aromatic N) is 1. The van der Waals surface area contributed by atoms with Gasteiger partial charge in [0.2, 0.25) is 11.8 Å². The molecule has 0 unspecified atom stereocenters. The van der Waals surface area contributed by atoms with E-state index in [0.29, 0.717) is 48.0 Å². The van der Waals surface area contributed by atoms with Gasteiger partial charge in [0.15, 0.2) is 12.5 Å². The van der Waals surface area contributed by atoms with Gasteiger partial charge in [-0.15, -0.1) is 0 Å². The molecule has 0 saturated carbocycles. The zero-order valence-corrected chi connectivity index (χ0v) is 28.3. The lowest BCUT2D eigenvalue weighted by molar-refractivity contribution is -0.645. The maximum atomic E-state index is 12.5. The van der Waals surface area contributed by atoms with Crippen LogP contribution in [0.3, 0.4) is 0 Å². The van der Waals surface area contributed by atoms with Crippen molar-refractivity contribution >= 4 is 35.0 Å². The maximum Gasteiger partial charge on any atom is 0.251 e. The molecule has 1 aliphatic heterocycles. The number of amides is 2. The minimum Gasteiger partial charge on any atom is -0.618 e. The number of anilines is 2. The smallest absolute Gasteiger partial charge is 0.251 e. The number of nitrogens with one attached hydrogen (secondary N) is 2. The van der Waals surface area contributed by atoms with Crippen LogP contribution in [0.1, 0.15) is 79.6 Å². The van der Waals surface area contributed by atoms with Gasteiger partial charge in [-0.1, -0.05) is 85.3 Å². The second kappa shape index (κ2) is 18.4. The molecule has 5 rings (SSSR count).